The summed E-state index contributed by atoms with van der Waals surface area (Å²) in [6.45, 7) is 4.74. The Hall–Kier alpha value is -0.970. The average Bonchev–Trinajstić information content (AvgIpc) is 2.29. The fraction of sp³-hybridized carbons (Fsp3) is 0.545. The van der Waals surface area contributed by atoms with Gasteiger partial charge in [0.05, 0.1) is 6.10 Å². The molecule has 4 nitrogen and oxygen atoms in total. The summed E-state index contributed by atoms with van der Waals surface area (Å²) in [4.78, 5) is 6.13. The molecule has 0 spiro atoms. The normalized spacial score (nSPS) is 13.1. The summed E-state index contributed by atoms with van der Waals surface area (Å²) in [5.41, 5.74) is 6.59. The Bertz CT molecular complexity index is 266. The van der Waals surface area contributed by atoms with Crippen LogP contribution in [0.3, 0.4) is 0 Å². The third kappa shape index (κ3) is 4.38. The number of rotatable bonds is 6. The molecular weight excluding hydrogens is 190 g/mol. The summed E-state index contributed by atoms with van der Waals surface area (Å²) in [6, 6.07) is 3.97. The minimum absolute atomic E-state index is 0.312. The van der Waals surface area contributed by atoms with Crippen LogP contribution < -0.4 is 5.73 Å². The van der Waals surface area contributed by atoms with Crippen molar-refractivity contribution in [1.29, 1.82) is 0 Å². The number of aromatic nitrogens is 1. The van der Waals surface area contributed by atoms with Gasteiger partial charge in [0, 0.05) is 32.0 Å². The molecule has 0 amide bonds. The van der Waals surface area contributed by atoms with Gasteiger partial charge in [-0.2, -0.15) is 0 Å². The lowest BCUT2D eigenvalue weighted by molar-refractivity contribution is 0.118. The van der Waals surface area contributed by atoms with Gasteiger partial charge in [0.1, 0.15) is 0 Å². The van der Waals surface area contributed by atoms with Crippen LogP contribution in [0.5, 0.6) is 0 Å². The molecule has 1 atom stereocenters. The Morgan fingerprint density at radius 2 is 2.13 bits per heavy atom. The standard InChI is InChI=1S/C11H19N3O/c1-2-14(9-11(15)7-12)8-10-3-5-13-6-4-10/h3-6,11,15H,2,7-9,12H2,1H3. The molecule has 1 rings (SSSR count). The molecule has 1 heterocycles. The van der Waals surface area contributed by atoms with E-state index < -0.39 is 6.10 Å². The van der Waals surface area contributed by atoms with E-state index in [-0.39, 0.29) is 0 Å². The van der Waals surface area contributed by atoms with E-state index in [1.54, 1.807) is 12.4 Å². The zero-order valence-corrected chi connectivity index (χ0v) is 9.13. The van der Waals surface area contributed by atoms with Crippen LogP contribution in [0, 0.1) is 0 Å². The number of nitrogens with zero attached hydrogens (tertiary/aromatic N) is 2. The third-order valence-corrected chi connectivity index (χ3v) is 2.34. The fourth-order valence-corrected chi connectivity index (χ4v) is 1.42. The highest BCUT2D eigenvalue weighted by atomic mass is 16.3. The van der Waals surface area contributed by atoms with E-state index >= 15 is 0 Å². The number of hydrogen-bond donors (Lipinski definition) is 2. The number of aliphatic hydroxyl groups excluding tert-OH is 1. The van der Waals surface area contributed by atoms with E-state index in [0.29, 0.717) is 13.1 Å². The lowest BCUT2D eigenvalue weighted by Crippen LogP contribution is -2.36. The first-order chi connectivity index (χ1) is 7.26. The molecule has 1 aromatic rings. The molecule has 3 N–H and O–H groups in total. The van der Waals surface area contributed by atoms with Crippen LogP contribution >= 0.6 is 0 Å². The Kier molecular flexibility index (Phi) is 5.25. The second-order valence-corrected chi connectivity index (χ2v) is 3.57. The molecule has 0 radical (unpaired) electrons. The zero-order valence-electron chi connectivity index (χ0n) is 9.13. The maximum absolute atomic E-state index is 9.46. The first-order valence-corrected chi connectivity index (χ1v) is 5.25. The predicted octanol–water partition coefficient (Wildman–Crippen LogP) is 0.223. The summed E-state index contributed by atoms with van der Waals surface area (Å²) in [5, 5.41) is 9.46. The van der Waals surface area contributed by atoms with Gasteiger partial charge in [0.15, 0.2) is 0 Å². The Balaban J connectivity index is 2.47. The summed E-state index contributed by atoms with van der Waals surface area (Å²) < 4.78 is 0. The number of aliphatic hydroxyl groups is 1. The molecule has 0 aromatic carbocycles. The quantitative estimate of drug-likeness (QED) is 0.703. The third-order valence-electron chi connectivity index (χ3n) is 2.34. The van der Waals surface area contributed by atoms with Crippen LogP contribution in [0.1, 0.15) is 12.5 Å². The van der Waals surface area contributed by atoms with Gasteiger partial charge in [-0.05, 0) is 24.2 Å². The van der Waals surface area contributed by atoms with Crippen LogP contribution in [0.2, 0.25) is 0 Å². The highest BCUT2D eigenvalue weighted by molar-refractivity contribution is 5.09. The van der Waals surface area contributed by atoms with Gasteiger partial charge in [-0.1, -0.05) is 6.92 Å². The van der Waals surface area contributed by atoms with E-state index in [1.807, 2.05) is 12.1 Å². The van der Waals surface area contributed by atoms with E-state index in [1.165, 1.54) is 5.56 Å². The SMILES string of the molecule is CCN(Cc1ccncc1)CC(O)CN. The lowest BCUT2D eigenvalue weighted by atomic mass is 10.2. The largest absolute Gasteiger partial charge is 0.390 e. The maximum Gasteiger partial charge on any atom is 0.0789 e. The molecule has 84 valence electrons. The Morgan fingerprint density at radius 3 is 2.67 bits per heavy atom. The van der Waals surface area contributed by atoms with Crippen LogP contribution in [0.15, 0.2) is 24.5 Å². The van der Waals surface area contributed by atoms with Crippen molar-refractivity contribution in [3.05, 3.63) is 30.1 Å². The van der Waals surface area contributed by atoms with Gasteiger partial charge < -0.3 is 10.8 Å². The van der Waals surface area contributed by atoms with Crippen molar-refractivity contribution in [3.8, 4) is 0 Å². The van der Waals surface area contributed by atoms with Crippen molar-refractivity contribution in [2.45, 2.75) is 19.6 Å². The van der Waals surface area contributed by atoms with Crippen molar-refractivity contribution in [2.75, 3.05) is 19.6 Å². The molecule has 0 aliphatic rings. The number of likely N-dealkylation sites (N-methyl/N-ethyl adjacent to an activating group) is 1. The first kappa shape index (κ1) is 12.1. The van der Waals surface area contributed by atoms with Crippen molar-refractivity contribution >= 4 is 0 Å². The minimum atomic E-state index is -0.438. The summed E-state index contributed by atoms with van der Waals surface area (Å²) in [6.07, 6.45) is 3.12. The van der Waals surface area contributed by atoms with Gasteiger partial charge in [-0.25, -0.2) is 0 Å². The molecule has 1 aromatic heterocycles. The molecule has 0 aliphatic carbocycles. The smallest absolute Gasteiger partial charge is 0.0789 e. The summed E-state index contributed by atoms with van der Waals surface area (Å²) in [7, 11) is 0. The Morgan fingerprint density at radius 1 is 1.47 bits per heavy atom. The van der Waals surface area contributed by atoms with Crippen LogP contribution in [0.25, 0.3) is 0 Å². The molecule has 4 heteroatoms. The summed E-state index contributed by atoms with van der Waals surface area (Å²) in [5.74, 6) is 0. The molecule has 0 bridgehead atoms. The van der Waals surface area contributed by atoms with E-state index in [0.717, 1.165) is 13.1 Å². The molecule has 0 saturated heterocycles. The van der Waals surface area contributed by atoms with Crippen LogP contribution in [-0.2, 0) is 6.54 Å². The molecule has 1 unspecified atom stereocenters. The topological polar surface area (TPSA) is 62.4 Å². The van der Waals surface area contributed by atoms with Crippen molar-refractivity contribution in [3.63, 3.8) is 0 Å². The number of pyridine rings is 1. The van der Waals surface area contributed by atoms with Crippen molar-refractivity contribution < 1.29 is 5.11 Å². The van der Waals surface area contributed by atoms with Gasteiger partial charge in [0.2, 0.25) is 0 Å². The predicted molar refractivity (Wildman–Crippen MR) is 60.2 cm³/mol. The second-order valence-electron chi connectivity index (χ2n) is 3.57. The lowest BCUT2D eigenvalue weighted by Gasteiger charge is -2.22. The van der Waals surface area contributed by atoms with Crippen molar-refractivity contribution in [2.24, 2.45) is 5.73 Å². The monoisotopic (exact) mass is 209 g/mol. The Labute approximate surface area is 90.7 Å². The van der Waals surface area contributed by atoms with Gasteiger partial charge in [0.25, 0.3) is 0 Å². The fourth-order valence-electron chi connectivity index (χ4n) is 1.42. The second kappa shape index (κ2) is 6.50. The molecule has 15 heavy (non-hydrogen) atoms. The van der Waals surface area contributed by atoms with Gasteiger partial charge >= 0.3 is 0 Å². The van der Waals surface area contributed by atoms with E-state index in [2.05, 4.69) is 16.8 Å². The average molecular weight is 209 g/mol. The van der Waals surface area contributed by atoms with Crippen LogP contribution in [-0.4, -0.2) is 40.7 Å². The number of hydrogen-bond acceptors (Lipinski definition) is 4. The van der Waals surface area contributed by atoms with Gasteiger partial charge in [-0.15, -0.1) is 0 Å². The van der Waals surface area contributed by atoms with E-state index in [4.69, 9.17) is 5.73 Å². The van der Waals surface area contributed by atoms with Gasteiger partial charge in [-0.3, -0.25) is 9.88 Å². The summed E-state index contributed by atoms with van der Waals surface area (Å²) >= 11 is 0. The molecular formula is C11H19N3O. The highest BCUT2D eigenvalue weighted by Crippen LogP contribution is 2.03. The van der Waals surface area contributed by atoms with E-state index in [9.17, 15) is 5.11 Å². The van der Waals surface area contributed by atoms with Crippen molar-refractivity contribution in [1.82, 2.24) is 9.88 Å². The molecule has 0 fully saturated rings. The highest BCUT2D eigenvalue weighted by Gasteiger charge is 2.08. The van der Waals surface area contributed by atoms with Crippen LogP contribution in [0.4, 0.5) is 0 Å². The molecule has 0 aliphatic heterocycles. The first-order valence-electron chi connectivity index (χ1n) is 5.25. The molecule has 0 saturated carbocycles. The number of nitrogens with two attached hydrogens (primary N) is 1. The maximum atomic E-state index is 9.46. The minimum Gasteiger partial charge on any atom is -0.390 e. The zero-order chi connectivity index (χ0) is 11.1.